The summed E-state index contributed by atoms with van der Waals surface area (Å²) in [6.45, 7) is 4.41. The van der Waals surface area contributed by atoms with Gasteiger partial charge in [0, 0.05) is 29.8 Å². The molecule has 0 amide bonds. The highest BCUT2D eigenvalue weighted by Crippen LogP contribution is 2.29. The number of aliphatic imine (C=N–C) groups is 1. The van der Waals surface area contributed by atoms with Crippen molar-refractivity contribution in [3.8, 4) is 0 Å². The summed E-state index contributed by atoms with van der Waals surface area (Å²) in [4.78, 5) is 5.37. The molecule has 1 heterocycles. The fourth-order valence-electron chi connectivity index (χ4n) is 2.05. The molecular weight excluding hydrogens is 425 g/mol. The monoisotopic (exact) mass is 449 g/mol. The molecule has 5 nitrogen and oxygen atoms in total. The van der Waals surface area contributed by atoms with E-state index >= 15 is 0 Å². The summed E-state index contributed by atoms with van der Waals surface area (Å²) < 4.78 is 6.19. The quantitative estimate of drug-likeness (QED) is 0.263. The standard InChI is InChI=1S/C16H23N3O2S.HI/c1-3-17-16(18-8-9-21-2)19-11-13(20)15-10-12-6-4-5-7-14(12)22-15;/h4-7,10,13,20H,3,8-9,11H2,1-2H3,(H2,17,18,19);1H. The molecule has 0 aliphatic rings. The number of methoxy groups -OCH3 is 1. The van der Waals surface area contributed by atoms with Crippen LogP contribution in [0.3, 0.4) is 0 Å². The number of nitrogens with one attached hydrogen (secondary N) is 2. The van der Waals surface area contributed by atoms with Crippen molar-refractivity contribution in [2.24, 2.45) is 4.99 Å². The second kappa shape index (κ2) is 10.8. The summed E-state index contributed by atoms with van der Waals surface area (Å²) in [6, 6.07) is 10.2. The highest BCUT2D eigenvalue weighted by Gasteiger charge is 2.11. The van der Waals surface area contributed by atoms with Gasteiger partial charge in [0.25, 0.3) is 0 Å². The van der Waals surface area contributed by atoms with Crippen molar-refractivity contribution in [2.45, 2.75) is 13.0 Å². The zero-order valence-corrected chi connectivity index (χ0v) is 16.6. The molecule has 0 radical (unpaired) electrons. The molecule has 0 bridgehead atoms. The molecule has 7 heteroatoms. The fraction of sp³-hybridized carbons (Fsp3) is 0.438. The first-order valence-electron chi connectivity index (χ1n) is 7.42. The van der Waals surface area contributed by atoms with Gasteiger partial charge in [0.1, 0.15) is 6.10 Å². The molecule has 0 saturated carbocycles. The lowest BCUT2D eigenvalue weighted by molar-refractivity contribution is 0.190. The van der Waals surface area contributed by atoms with Crippen molar-refractivity contribution in [1.82, 2.24) is 10.6 Å². The zero-order valence-electron chi connectivity index (χ0n) is 13.4. The largest absolute Gasteiger partial charge is 0.386 e. The lowest BCUT2D eigenvalue weighted by Gasteiger charge is -2.12. The number of fused-ring (bicyclic) bond motifs is 1. The van der Waals surface area contributed by atoms with Gasteiger partial charge in [-0.2, -0.15) is 0 Å². The van der Waals surface area contributed by atoms with Gasteiger partial charge in [0.05, 0.1) is 13.2 Å². The van der Waals surface area contributed by atoms with E-state index in [4.69, 9.17) is 4.74 Å². The summed E-state index contributed by atoms with van der Waals surface area (Å²) in [6.07, 6.45) is -0.588. The lowest BCUT2D eigenvalue weighted by Crippen LogP contribution is -2.39. The molecule has 1 aromatic heterocycles. The third kappa shape index (κ3) is 6.25. The Morgan fingerprint density at radius 1 is 1.35 bits per heavy atom. The van der Waals surface area contributed by atoms with E-state index in [0.29, 0.717) is 25.7 Å². The number of nitrogens with zero attached hydrogens (tertiary/aromatic N) is 1. The average molecular weight is 449 g/mol. The molecule has 0 spiro atoms. The molecule has 23 heavy (non-hydrogen) atoms. The van der Waals surface area contributed by atoms with Gasteiger partial charge in [-0.05, 0) is 24.4 Å². The van der Waals surface area contributed by atoms with Crippen molar-refractivity contribution in [1.29, 1.82) is 0 Å². The van der Waals surface area contributed by atoms with Gasteiger partial charge in [-0.15, -0.1) is 35.3 Å². The van der Waals surface area contributed by atoms with Gasteiger partial charge in [0.2, 0.25) is 0 Å². The smallest absolute Gasteiger partial charge is 0.191 e. The number of thiophene rings is 1. The maximum Gasteiger partial charge on any atom is 0.191 e. The van der Waals surface area contributed by atoms with E-state index in [-0.39, 0.29) is 24.0 Å². The number of halogens is 1. The van der Waals surface area contributed by atoms with E-state index in [0.717, 1.165) is 16.8 Å². The topological polar surface area (TPSA) is 65.9 Å². The SMILES string of the molecule is CCNC(=NCC(O)c1cc2ccccc2s1)NCCOC.I. The molecule has 0 fully saturated rings. The number of rotatable bonds is 7. The minimum Gasteiger partial charge on any atom is -0.386 e. The Morgan fingerprint density at radius 2 is 2.13 bits per heavy atom. The summed E-state index contributed by atoms with van der Waals surface area (Å²) in [5.74, 6) is 0.694. The Labute approximate surface area is 158 Å². The number of benzene rings is 1. The Bertz CT molecular complexity index is 585. The van der Waals surface area contributed by atoms with Crippen LogP contribution in [0.2, 0.25) is 0 Å². The van der Waals surface area contributed by atoms with Crippen LogP contribution in [0.4, 0.5) is 0 Å². The molecule has 2 rings (SSSR count). The third-order valence-corrected chi connectivity index (χ3v) is 4.36. The van der Waals surface area contributed by atoms with E-state index in [1.165, 1.54) is 4.70 Å². The Morgan fingerprint density at radius 3 is 2.83 bits per heavy atom. The third-order valence-electron chi connectivity index (χ3n) is 3.14. The zero-order chi connectivity index (χ0) is 15.8. The number of hydrogen-bond donors (Lipinski definition) is 3. The van der Waals surface area contributed by atoms with E-state index in [1.807, 2.05) is 25.1 Å². The molecule has 1 unspecified atom stereocenters. The fourth-order valence-corrected chi connectivity index (χ4v) is 3.09. The average Bonchev–Trinajstić information content (AvgIpc) is 2.96. The molecule has 1 atom stereocenters. The first-order valence-corrected chi connectivity index (χ1v) is 8.24. The van der Waals surface area contributed by atoms with Gasteiger partial charge in [-0.1, -0.05) is 18.2 Å². The predicted octanol–water partition coefficient (Wildman–Crippen LogP) is 2.75. The van der Waals surface area contributed by atoms with Crippen LogP contribution in [-0.4, -0.2) is 44.4 Å². The van der Waals surface area contributed by atoms with Gasteiger partial charge < -0.3 is 20.5 Å². The van der Waals surface area contributed by atoms with Gasteiger partial charge in [-0.3, -0.25) is 4.99 Å². The molecule has 2 aromatic rings. The number of aliphatic hydroxyl groups excluding tert-OH is 1. The molecule has 1 aromatic carbocycles. The first kappa shape index (κ1) is 20.1. The van der Waals surface area contributed by atoms with Crippen molar-refractivity contribution in [2.75, 3.05) is 33.4 Å². The van der Waals surface area contributed by atoms with E-state index in [9.17, 15) is 5.11 Å². The minimum absolute atomic E-state index is 0. The molecular formula is C16H24IN3O2S. The van der Waals surface area contributed by atoms with E-state index in [1.54, 1.807) is 18.4 Å². The Hall–Kier alpha value is -0.900. The highest BCUT2D eigenvalue weighted by molar-refractivity contribution is 14.0. The summed E-state index contributed by atoms with van der Waals surface area (Å²) >= 11 is 1.61. The highest BCUT2D eigenvalue weighted by atomic mass is 127. The second-order valence-corrected chi connectivity index (χ2v) is 5.96. The summed E-state index contributed by atoms with van der Waals surface area (Å²) in [7, 11) is 1.66. The van der Waals surface area contributed by atoms with E-state index in [2.05, 4.69) is 27.8 Å². The van der Waals surface area contributed by atoms with Crippen LogP contribution >= 0.6 is 35.3 Å². The molecule has 0 saturated heterocycles. The second-order valence-electron chi connectivity index (χ2n) is 4.84. The van der Waals surface area contributed by atoms with Crippen LogP contribution < -0.4 is 10.6 Å². The van der Waals surface area contributed by atoms with Crippen LogP contribution in [0.1, 0.15) is 17.9 Å². The Kier molecular flexibility index (Phi) is 9.46. The number of hydrogen-bond acceptors (Lipinski definition) is 4. The van der Waals surface area contributed by atoms with Crippen LogP contribution in [-0.2, 0) is 4.74 Å². The molecule has 128 valence electrons. The normalized spacial score (nSPS) is 12.7. The molecule has 0 aliphatic heterocycles. The van der Waals surface area contributed by atoms with Crippen molar-refractivity contribution in [3.05, 3.63) is 35.2 Å². The number of guanidine groups is 1. The lowest BCUT2D eigenvalue weighted by atomic mass is 10.2. The molecule has 3 N–H and O–H groups in total. The van der Waals surface area contributed by atoms with Crippen LogP contribution in [0.5, 0.6) is 0 Å². The van der Waals surface area contributed by atoms with Crippen molar-refractivity contribution in [3.63, 3.8) is 0 Å². The van der Waals surface area contributed by atoms with Gasteiger partial charge in [-0.25, -0.2) is 0 Å². The number of ether oxygens (including phenoxy) is 1. The minimum atomic E-state index is -0.588. The van der Waals surface area contributed by atoms with Crippen molar-refractivity contribution < 1.29 is 9.84 Å². The maximum absolute atomic E-state index is 10.3. The summed E-state index contributed by atoms with van der Waals surface area (Å²) in [5.41, 5.74) is 0. The van der Waals surface area contributed by atoms with Gasteiger partial charge in [0.15, 0.2) is 5.96 Å². The first-order chi connectivity index (χ1) is 10.7. The van der Waals surface area contributed by atoms with Gasteiger partial charge >= 0.3 is 0 Å². The predicted molar refractivity (Wildman–Crippen MR) is 108 cm³/mol. The Balaban J connectivity index is 0.00000264. The van der Waals surface area contributed by atoms with Crippen LogP contribution in [0.25, 0.3) is 10.1 Å². The maximum atomic E-state index is 10.3. The van der Waals surface area contributed by atoms with Crippen molar-refractivity contribution >= 4 is 51.4 Å². The van der Waals surface area contributed by atoms with E-state index < -0.39 is 6.10 Å². The number of aliphatic hydroxyl groups is 1. The summed E-state index contributed by atoms with van der Waals surface area (Å²) in [5, 5.41) is 17.8. The molecule has 0 aliphatic carbocycles. The van der Waals surface area contributed by atoms with Crippen LogP contribution in [0.15, 0.2) is 35.3 Å². The van der Waals surface area contributed by atoms with Crippen LogP contribution in [0, 0.1) is 0 Å².